The summed E-state index contributed by atoms with van der Waals surface area (Å²) >= 11 is 0. The number of aliphatic imine (C=N–C) groups is 1. The van der Waals surface area contributed by atoms with Crippen molar-refractivity contribution in [3.8, 4) is 0 Å². The van der Waals surface area contributed by atoms with E-state index in [0.29, 0.717) is 30.1 Å². The molecule has 1 aliphatic carbocycles. The molecule has 1 unspecified atom stereocenters. The van der Waals surface area contributed by atoms with Gasteiger partial charge < -0.3 is 20.9 Å². The fraction of sp³-hybridized carbons (Fsp3) is 0.368. The average molecular weight is 420 g/mol. The Balaban J connectivity index is 1.46. The topological polar surface area (TPSA) is 98.7 Å². The molecule has 3 aliphatic rings. The molecule has 158 valence electrons. The van der Waals surface area contributed by atoms with Crippen molar-refractivity contribution in [3.05, 3.63) is 47.3 Å². The molecule has 3 N–H and O–H groups in total. The number of rotatable bonds is 4. The third-order valence-electron chi connectivity index (χ3n) is 4.98. The maximum atomic E-state index is 13.1. The maximum Gasteiger partial charge on any atom is 0.433 e. The molecule has 11 heteroatoms. The quantitative estimate of drug-likeness (QED) is 0.697. The summed E-state index contributed by atoms with van der Waals surface area (Å²) in [6.07, 6.45) is 2.26. The molecule has 8 nitrogen and oxygen atoms in total. The number of amides is 4. The van der Waals surface area contributed by atoms with E-state index in [9.17, 15) is 22.8 Å². The van der Waals surface area contributed by atoms with E-state index in [4.69, 9.17) is 0 Å². The van der Waals surface area contributed by atoms with Gasteiger partial charge in [-0.1, -0.05) is 18.2 Å². The predicted molar refractivity (Wildman–Crippen MR) is 103 cm³/mol. The number of carbonyl (C=O) groups excluding carboxylic acids is 2. The summed E-state index contributed by atoms with van der Waals surface area (Å²) in [7, 11) is 0. The van der Waals surface area contributed by atoms with E-state index in [1.165, 1.54) is 6.07 Å². The Morgan fingerprint density at radius 1 is 1.27 bits per heavy atom. The highest BCUT2D eigenvalue weighted by Crippen LogP contribution is 2.31. The summed E-state index contributed by atoms with van der Waals surface area (Å²) < 4.78 is 39.2. The van der Waals surface area contributed by atoms with Crippen LogP contribution in [0.25, 0.3) is 0 Å². The third-order valence-corrected chi connectivity index (χ3v) is 4.98. The van der Waals surface area contributed by atoms with Gasteiger partial charge in [-0.25, -0.2) is 14.6 Å². The molecule has 30 heavy (non-hydrogen) atoms. The third kappa shape index (κ3) is 4.14. The number of fused-ring (bicyclic) bond motifs is 1. The van der Waals surface area contributed by atoms with Gasteiger partial charge in [0.2, 0.25) is 0 Å². The van der Waals surface area contributed by atoms with Crippen LogP contribution in [0.2, 0.25) is 0 Å². The van der Waals surface area contributed by atoms with E-state index >= 15 is 0 Å². The Morgan fingerprint density at radius 3 is 2.77 bits per heavy atom. The first-order valence-electron chi connectivity index (χ1n) is 9.46. The molecule has 0 radical (unpaired) electrons. The van der Waals surface area contributed by atoms with Crippen molar-refractivity contribution in [2.75, 3.05) is 18.0 Å². The number of urea groups is 2. The number of alkyl halides is 3. The minimum Gasteiger partial charge on any atom is -0.356 e. The van der Waals surface area contributed by atoms with Crippen LogP contribution in [0.4, 0.5) is 28.6 Å². The Hall–Kier alpha value is -3.37. The van der Waals surface area contributed by atoms with Gasteiger partial charge in [-0.15, -0.1) is 0 Å². The van der Waals surface area contributed by atoms with Crippen molar-refractivity contribution in [1.29, 1.82) is 0 Å². The summed E-state index contributed by atoms with van der Waals surface area (Å²) in [5.74, 6) is 0.234. The lowest BCUT2D eigenvalue weighted by Crippen LogP contribution is -2.41. The molecule has 0 saturated carbocycles. The summed E-state index contributed by atoms with van der Waals surface area (Å²) in [5.41, 5.74) is 0.319. The fourth-order valence-corrected chi connectivity index (χ4v) is 3.55. The molecule has 0 bridgehead atoms. The lowest BCUT2D eigenvalue weighted by molar-refractivity contribution is -0.141. The van der Waals surface area contributed by atoms with Gasteiger partial charge in [0.25, 0.3) is 0 Å². The van der Waals surface area contributed by atoms with Crippen LogP contribution in [0, 0.1) is 0 Å². The monoisotopic (exact) mass is 420 g/mol. The van der Waals surface area contributed by atoms with Gasteiger partial charge in [0.05, 0.1) is 17.5 Å². The minimum atomic E-state index is -4.54. The zero-order valence-corrected chi connectivity index (χ0v) is 15.8. The molecule has 1 fully saturated rings. The Labute approximate surface area is 169 Å². The van der Waals surface area contributed by atoms with Gasteiger partial charge in [-0.2, -0.15) is 18.2 Å². The van der Waals surface area contributed by atoms with E-state index < -0.39 is 30.0 Å². The highest BCUT2D eigenvalue weighted by Gasteiger charge is 2.34. The van der Waals surface area contributed by atoms with Gasteiger partial charge in [-0.05, 0) is 25.0 Å². The number of aromatic nitrogens is 1. The molecular weight excluding hydrogens is 401 g/mol. The van der Waals surface area contributed by atoms with Crippen molar-refractivity contribution in [3.63, 3.8) is 0 Å². The number of allylic oxidation sites excluding steroid dienone is 2. The van der Waals surface area contributed by atoms with Crippen LogP contribution in [-0.4, -0.2) is 41.9 Å². The van der Waals surface area contributed by atoms with Crippen LogP contribution >= 0.6 is 0 Å². The van der Waals surface area contributed by atoms with Crippen molar-refractivity contribution < 1.29 is 22.8 Å². The van der Waals surface area contributed by atoms with Crippen LogP contribution in [-0.2, 0) is 12.7 Å². The molecular formula is C19H19F3N6O2. The maximum absolute atomic E-state index is 13.1. The van der Waals surface area contributed by atoms with E-state index in [1.807, 2.05) is 0 Å². The summed E-state index contributed by atoms with van der Waals surface area (Å²) in [5, 5.41) is 7.89. The highest BCUT2D eigenvalue weighted by atomic mass is 19.4. The molecule has 1 aromatic heterocycles. The van der Waals surface area contributed by atoms with Gasteiger partial charge >= 0.3 is 18.2 Å². The first-order chi connectivity index (χ1) is 14.3. The fourth-order valence-electron chi connectivity index (χ4n) is 3.55. The van der Waals surface area contributed by atoms with Crippen molar-refractivity contribution in [1.82, 2.24) is 20.9 Å². The number of halogens is 3. The molecule has 0 aromatic carbocycles. The Morgan fingerprint density at radius 2 is 2.03 bits per heavy atom. The summed E-state index contributed by atoms with van der Waals surface area (Å²) in [4.78, 5) is 33.2. The van der Waals surface area contributed by atoms with Crippen LogP contribution in [0.1, 0.15) is 24.1 Å². The van der Waals surface area contributed by atoms with Gasteiger partial charge in [0, 0.05) is 25.2 Å². The van der Waals surface area contributed by atoms with E-state index in [0.717, 1.165) is 18.9 Å². The zero-order chi connectivity index (χ0) is 21.3. The molecule has 1 aromatic rings. The first-order valence-corrected chi connectivity index (χ1v) is 9.46. The second-order valence-electron chi connectivity index (χ2n) is 7.07. The number of nitrogens with one attached hydrogen (secondary N) is 3. The second kappa shape index (κ2) is 7.81. The van der Waals surface area contributed by atoms with Crippen molar-refractivity contribution in [2.24, 2.45) is 4.99 Å². The normalized spacial score (nSPS) is 20.4. The highest BCUT2D eigenvalue weighted by molar-refractivity contribution is 6.16. The second-order valence-corrected chi connectivity index (χ2v) is 7.07. The van der Waals surface area contributed by atoms with Crippen molar-refractivity contribution in [2.45, 2.75) is 31.6 Å². The van der Waals surface area contributed by atoms with Crippen LogP contribution in [0.15, 0.2) is 41.1 Å². The molecule has 0 spiro atoms. The number of nitrogens with zero attached hydrogens (tertiary/aromatic N) is 3. The first kappa shape index (κ1) is 19.9. The zero-order valence-electron chi connectivity index (χ0n) is 15.8. The van der Waals surface area contributed by atoms with E-state index in [-0.39, 0.29) is 12.4 Å². The largest absolute Gasteiger partial charge is 0.433 e. The van der Waals surface area contributed by atoms with Crippen LogP contribution in [0.5, 0.6) is 0 Å². The Kier molecular flexibility index (Phi) is 5.18. The summed E-state index contributed by atoms with van der Waals surface area (Å²) in [6.45, 7) is 1.24. The van der Waals surface area contributed by atoms with E-state index in [1.54, 1.807) is 23.1 Å². The average Bonchev–Trinajstić information content (AvgIpc) is 3.35. The molecule has 3 heterocycles. The number of hydrogen-bond donors (Lipinski definition) is 3. The van der Waals surface area contributed by atoms with Gasteiger partial charge in [0.1, 0.15) is 11.5 Å². The minimum absolute atomic E-state index is 0.000984. The lowest BCUT2D eigenvalue weighted by atomic mass is 10.0. The molecule has 4 rings (SSSR count). The van der Waals surface area contributed by atoms with Gasteiger partial charge in [-0.3, -0.25) is 0 Å². The molecule has 4 amide bonds. The standard InChI is InChI=1S/C19H19F3N6O2/c20-19(21,22)14-7-6-11(16(26-14)28-8-1-2-9-28)10-23-17(29)24-12-4-3-5-13-15(12)27-18(30)25-13/h3-7,13H,1-2,8-10H2,(H,25,30)(H2,23,24,29). The summed E-state index contributed by atoms with van der Waals surface area (Å²) in [6, 6.07) is 0.813. The number of carbonyl (C=O) groups is 2. The van der Waals surface area contributed by atoms with Crippen LogP contribution in [0.3, 0.4) is 0 Å². The molecule has 1 atom stereocenters. The lowest BCUT2D eigenvalue weighted by Gasteiger charge is -2.22. The van der Waals surface area contributed by atoms with Crippen LogP contribution < -0.4 is 20.9 Å². The number of pyridine rings is 1. The Bertz CT molecular complexity index is 964. The molecule has 1 saturated heterocycles. The number of anilines is 1. The number of hydrogen-bond acceptors (Lipinski definition) is 4. The smallest absolute Gasteiger partial charge is 0.356 e. The molecule has 2 aliphatic heterocycles. The van der Waals surface area contributed by atoms with E-state index in [2.05, 4.69) is 25.9 Å². The van der Waals surface area contributed by atoms with Gasteiger partial charge in [0.15, 0.2) is 0 Å². The van der Waals surface area contributed by atoms with Crippen molar-refractivity contribution >= 4 is 23.6 Å². The SMILES string of the molecule is O=C1N=C2C(NC(=O)NCc3ccc(C(F)(F)F)nc3N3CCCC3)=CC=CC2N1. The predicted octanol–water partition coefficient (Wildman–Crippen LogP) is 2.49.